The van der Waals surface area contributed by atoms with Crippen LogP contribution in [0.2, 0.25) is 0 Å². The molecule has 1 atom stereocenters. The fourth-order valence-electron chi connectivity index (χ4n) is 2.20. The molecule has 1 N–H and O–H groups in total. The lowest BCUT2D eigenvalue weighted by Crippen LogP contribution is -2.38. The molecule has 1 fully saturated rings. The van der Waals surface area contributed by atoms with Gasteiger partial charge < -0.3 is 5.32 Å². The van der Waals surface area contributed by atoms with Crippen molar-refractivity contribution < 1.29 is 0 Å². The zero-order valence-electron chi connectivity index (χ0n) is 9.10. The first-order valence-corrected chi connectivity index (χ1v) is 6.36. The van der Waals surface area contributed by atoms with E-state index in [0.717, 1.165) is 0 Å². The van der Waals surface area contributed by atoms with E-state index in [1.54, 1.807) is 4.88 Å². The Balaban J connectivity index is 2.02. The maximum absolute atomic E-state index is 3.62. The standard InChI is InChI=1S/C12H19NS/c1-3-10-5-6-11(14-10)9-12(2)7-4-8-13-12/h5-6,13H,3-4,7-9H2,1-2H3. The van der Waals surface area contributed by atoms with Crippen LogP contribution in [0.25, 0.3) is 0 Å². The lowest BCUT2D eigenvalue weighted by atomic mass is 9.95. The summed E-state index contributed by atoms with van der Waals surface area (Å²) in [5.74, 6) is 0. The van der Waals surface area contributed by atoms with Gasteiger partial charge in [-0.3, -0.25) is 0 Å². The summed E-state index contributed by atoms with van der Waals surface area (Å²) in [5, 5.41) is 3.62. The van der Waals surface area contributed by atoms with Gasteiger partial charge in [0, 0.05) is 15.3 Å². The fourth-order valence-corrected chi connectivity index (χ4v) is 3.34. The smallest absolute Gasteiger partial charge is 0.0201 e. The molecule has 1 saturated heterocycles. The third-order valence-corrected chi connectivity index (χ3v) is 4.32. The van der Waals surface area contributed by atoms with E-state index in [4.69, 9.17) is 0 Å². The molecule has 2 heteroatoms. The maximum atomic E-state index is 3.62. The van der Waals surface area contributed by atoms with Crippen molar-refractivity contribution in [2.24, 2.45) is 0 Å². The van der Waals surface area contributed by atoms with Crippen LogP contribution in [0.4, 0.5) is 0 Å². The number of aryl methyl sites for hydroxylation is 1. The first-order valence-electron chi connectivity index (χ1n) is 5.54. The van der Waals surface area contributed by atoms with Gasteiger partial charge in [0.15, 0.2) is 0 Å². The molecule has 0 aromatic carbocycles. The van der Waals surface area contributed by atoms with Crippen LogP contribution in [0, 0.1) is 0 Å². The van der Waals surface area contributed by atoms with Crippen LogP contribution in [0.3, 0.4) is 0 Å². The topological polar surface area (TPSA) is 12.0 Å². The number of nitrogens with one attached hydrogen (secondary N) is 1. The van der Waals surface area contributed by atoms with E-state index in [-0.39, 0.29) is 0 Å². The van der Waals surface area contributed by atoms with Gasteiger partial charge in [-0.15, -0.1) is 11.3 Å². The molecule has 1 nitrogen and oxygen atoms in total. The average molecular weight is 209 g/mol. The number of hydrogen-bond donors (Lipinski definition) is 1. The highest BCUT2D eigenvalue weighted by Crippen LogP contribution is 2.27. The second kappa shape index (κ2) is 4.03. The quantitative estimate of drug-likeness (QED) is 0.807. The molecule has 78 valence electrons. The summed E-state index contributed by atoms with van der Waals surface area (Å²) in [6, 6.07) is 4.58. The SMILES string of the molecule is CCc1ccc(CC2(C)CCCN2)s1. The molecule has 1 aliphatic rings. The highest BCUT2D eigenvalue weighted by Gasteiger charge is 2.28. The van der Waals surface area contributed by atoms with Crippen molar-refractivity contribution in [1.29, 1.82) is 0 Å². The zero-order valence-corrected chi connectivity index (χ0v) is 9.91. The van der Waals surface area contributed by atoms with Crippen LogP contribution in [-0.2, 0) is 12.8 Å². The van der Waals surface area contributed by atoms with E-state index in [1.165, 1.54) is 37.1 Å². The van der Waals surface area contributed by atoms with Gasteiger partial charge in [-0.25, -0.2) is 0 Å². The van der Waals surface area contributed by atoms with Crippen LogP contribution < -0.4 is 5.32 Å². The van der Waals surface area contributed by atoms with E-state index in [9.17, 15) is 0 Å². The molecule has 0 saturated carbocycles. The van der Waals surface area contributed by atoms with E-state index < -0.39 is 0 Å². The molecule has 1 unspecified atom stereocenters. The Hall–Kier alpha value is -0.340. The van der Waals surface area contributed by atoms with Gasteiger partial charge in [-0.05, 0) is 51.3 Å². The zero-order chi connectivity index (χ0) is 10.0. The molecule has 1 aromatic rings. The van der Waals surface area contributed by atoms with Crippen molar-refractivity contribution in [3.63, 3.8) is 0 Å². The predicted molar refractivity (Wildman–Crippen MR) is 63.0 cm³/mol. The summed E-state index contributed by atoms with van der Waals surface area (Å²) >= 11 is 1.98. The average Bonchev–Trinajstić information content (AvgIpc) is 2.75. The largest absolute Gasteiger partial charge is 0.311 e. The van der Waals surface area contributed by atoms with Crippen molar-refractivity contribution in [2.75, 3.05) is 6.54 Å². The van der Waals surface area contributed by atoms with Crippen molar-refractivity contribution in [3.05, 3.63) is 21.9 Å². The summed E-state index contributed by atoms with van der Waals surface area (Å²) < 4.78 is 0. The second-order valence-electron chi connectivity index (χ2n) is 4.49. The minimum atomic E-state index is 0.371. The molecule has 0 radical (unpaired) electrons. The third kappa shape index (κ3) is 2.18. The number of hydrogen-bond acceptors (Lipinski definition) is 2. The summed E-state index contributed by atoms with van der Waals surface area (Å²) in [6.07, 6.45) is 5.04. The Kier molecular flexibility index (Phi) is 2.93. The summed E-state index contributed by atoms with van der Waals surface area (Å²) in [7, 11) is 0. The fraction of sp³-hybridized carbons (Fsp3) is 0.667. The van der Waals surface area contributed by atoms with Gasteiger partial charge in [-0.1, -0.05) is 6.92 Å². The molecule has 2 heterocycles. The third-order valence-electron chi connectivity index (χ3n) is 3.09. The van der Waals surface area contributed by atoms with Crippen LogP contribution in [-0.4, -0.2) is 12.1 Å². The van der Waals surface area contributed by atoms with Gasteiger partial charge in [0.2, 0.25) is 0 Å². The Labute approximate surface area is 90.5 Å². The lowest BCUT2D eigenvalue weighted by Gasteiger charge is -2.23. The highest BCUT2D eigenvalue weighted by molar-refractivity contribution is 7.12. The Bertz CT molecular complexity index is 297. The van der Waals surface area contributed by atoms with Gasteiger partial charge in [0.05, 0.1) is 0 Å². The molecule has 0 amide bonds. The van der Waals surface area contributed by atoms with Crippen LogP contribution in [0.1, 0.15) is 36.4 Å². The first kappa shape index (κ1) is 10.2. The van der Waals surface area contributed by atoms with Crippen LogP contribution in [0.5, 0.6) is 0 Å². The van der Waals surface area contributed by atoms with Gasteiger partial charge in [0.1, 0.15) is 0 Å². The Morgan fingerprint density at radius 1 is 1.43 bits per heavy atom. The van der Waals surface area contributed by atoms with Crippen LogP contribution in [0.15, 0.2) is 12.1 Å². The van der Waals surface area contributed by atoms with Gasteiger partial charge in [-0.2, -0.15) is 0 Å². The highest BCUT2D eigenvalue weighted by atomic mass is 32.1. The molecule has 1 aliphatic heterocycles. The number of thiophene rings is 1. The Morgan fingerprint density at radius 3 is 2.79 bits per heavy atom. The molecular weight excluding hydrogens is 190 g/mol. The molecule has 2 rings (SSSR count). The van der Waals surface area contributed by atoms with Crippen molar-refractivity contribution in [2.45, 2.75) is 45.1 Å². The van der Waals surface area contributed by atoms with Gasteiger partial charge >= 0.3 is 0 Å². The molecule has 14 heavy (non-hydrogen) atoms. The van der Waals surface area contributed by atoms with E-state index in [1.807, 2.05) is 11.3 Å². The molecule has 0 spiro atoms. The normalized spacial score (nSPS) is 27.0. The lowest BCUT2D eigenvalue weighted by molar-refractivity contribution is 0.415. The monoisotopic (exact) mass is 209 g/mol. The van der Waals surface area contributed by atoms with Crippen molar-refractivity contribution in [3.8, 4) is 0 Å². The molecule has 1 aromatic heterocycles. The summed E-state index contributed by atoms with van der Waals surface area (Å²) in [6.45, 7) is 5.78. The van der Waals surface area contributed by atoms with E-state index in [0.29, 0.717) is 5.54 Å². The van der Waals surface area contributed by atoms with Crippen molar-refractivity contribution >= 4 is 11.3 Å². The van der Waals surface area contributed by atoms with Crippen molar-refractivity contribution in [1.82, 2.24) is 5.32 Å². The Morgan fingerprint density at radius 2 is 2.21 bits per heavy atom. The first-order chi connectivity index (χ1) is 6.72. The molecule has 0 bridgehead atoms. The predicted octanol–water partition coefficient (Wildman–Crippen LogP) is 3.00. The van der Waals surface area contributed by atoms with Crippen LogP contribution >= 0.6 is 11.3 Å². The molecule has 0 aliphatic carbocycles. The maximum Gasteiger partial charge on any atom is 0.0201 e. The van der Waals surface area contributed by atoms with E-state index in [2.05, 4.69) is 31.3 Å². The van der Waals surface area contributed by atoms with E-state index >= 15 is 0 Å². The molecular formula is C12H19NS. The minimum Gasteiger partial charge on any atom is -0.311 e. The summed E-state index contributed by atoms with van der Waals surface area (Å²) in [4.78, 5) is 3.06. The minimum absolute atomic E-state index is 0.371. The van der Waals surface area contributed by atoms with Gasteiger partial charge in [0.25, 0.3) is 0 Å². The number of rotatable bonds is 3. The second-order valence-corrected chi connectivity index (χ2v) is 5.74. The summed E-state index contributed by atoms with van der Waals surface area (Å²) in [5.41, 5.74) is 0.371.